The molecule has 2 nitrogen and oxygen atoms in total. The van der Waals surface area contributed by atoms with Crippen LogP contribution in [-0.2, 0) is 11.8 Å². The van der Waals surface area contributed by atoms with Crippen molar-refractivity contribution in [3.05, 3.63) is 258 Å². The molecule has 0 amide bonds. The minimum Gasteiger partial charge on any atom is -0.456 e. The van der Waals surface area contributed by atoms with Gasteiger partial charge in [-0.2, -0.15) is 0 Å². The number of nitrogens with zero attached hydrogens (tertiary/aromatic N) is 1. The highest BCUT2D eigenvalue weighted by atomic mass is 16.3. The molecule has 1 aromatic heterocycles. The SMILES string of the molecule is c1ccc(-c2ccccc2N(c2ccc3c(c2)-c2ccccc2-c2ccccc2C32c3ccccc3-c3c2ccc2c3-c3ccccc3C2)c2ccc3c(c2)oc2ccccc23)cc1. The topological polar surface area (TPSA) is 16.4 Å². The molecule has 1 spiro atoms. The number of hydrogen-bond donors (Lipinski definition) is 0. The van der Waals surface area contributed by atoms with Gasteiger partial charge in [-0.05, 0) is 126 Å². The van der Waals surface area contributed by atoms with E-state index in [0.717, 1.165) is 56.5 Å². The zero-order valence-electron chi connectivity index (χ0n) is 34.9. The number of furan rings is 1. The van der Waals surface area contributed by atoms with Crippen LogP contribution in [0.4, 0.5) is 17.1 Å². The van der Waals surface area contributed by atoms with Crippen molar-refractivity contribution in [3.8, 4) is 55.6 Å². The minimum absolute atomic E-state index is 0.595. The molecule has 298 valence electrons. The largest absolute Gasteiger partial charge is 0.456 e. The van der Waals surface area contributed by atoms with Gasteiger partial charge in [-0.1, -0.05) is 182 Å². The molecule has 0 aliphatic heterocycles. The van der Waals surface area contributed by atoms with Crippen LogP contribution in [0.5, 0.6) is 0 Å². The molecule has 0 fully saturated rings. The van der Waals surface area contributed by atoms with Crippen LogP contribution in [0.25, 0.3) is 77.6 Å². The average molecular weight is 814 g/mol. The van der Waals surface area contributed by atoms with Crippen molar-refractivity contribution in [2.75, 3.05) is 4.90 Å². The summed E-state index contributed by atoms with van der Waals surface area (Å²) in [7, 11) is 0. The normalized spacial score (nSPS) is 14.9. The molecule has 1 heterocycles. The van der Waals surface area contributed by atoms with Gasteiger partial charge >= 0.3 is 0 Å². The van der Waals surface area contributed by atoms with Crippen molar-refractivity contribution < 1.29 is 4.42 Å². The van der Waals surface area contributed by atoms with Crippen LogP contribution in [-0.4, -0.2) is 0 Å². The van der Waals surface area contributed by atoms with E-state index in [0.29, 0.717) is 0 Å². The van der Waals surface area contributed by atoms with Crippen LogP contribution in [0, 0.1) is 0 Å². The Kier molecular flexibility index (Phi) is 7.41. The minimum atomic E-state index is -0.595. The highest BCUT2D eigenvalue weighted by Gasteiger charge is 2.51. The van der Waals surface area contributed by atoms with Crippen molar-refractivity contribution in [2.45, 2.75) is 11.8 Å². The Bertz CT molecular complexity index is 3720. The monoisotopic (exact) mass is 813 g/mol. The molecule has 10 aromatic carbocycles. The molecule has 0 radical (unpaired) electrons. The fraction of sp³-hybridized carbons (Fsp3) is 0.0323. The van der Waals surface area contributed by atoms with Gasteiger partial charge in [0.25, 0.3) is 0 Å². The molecule has 1 unspecified atom stereocenters. The summed E-state index contributed by atoms with van der Waals surface area (Å²) < 4.78 is 6.58. The van der Waals surface area contributed by atoms with Gasteiger partial charge in [-0.25, -0.2) is 0 Å². The Morgan fingerprint density at radius 2 is 0.922 bits per heavy atom. The van der Waals surface area contributed by atoms with Crippen molar-refractivity contribution in [1.29, 1.82) is 0 Å². The summed E-state index contributed by atoms with van der Waals surface area (Å²) in [5.74, 6) is 0. The van der Waals surface area contributed by atoms with Crippen LogP contribution in [0.15, 0.2) is 229 Å². The van der Waals surface area contributed by atoms with Gasteiger partial charge in [0.1, 0.15) is 11.2 Å². The molecule has 3 aliphatic carbocycles. The maximum atomic E-state index is 6.58. The third-order valence-electron chi connectivity index (χ3n) is 14.3. The number of fused-ring (bicyclic) bond motifs is 19. The summed E-state index contributed by atoms with van der Waals surface area (Å²) in [5, 5.41) is 2.23. The first kappa shape index (κ1) is 35.4. The maximum absolute atomic E-state index is 6.58. The third kappa shape index (κ3) is 4.80. The van der Waals surface area contributed by atoms with Gasteiger partial charge in [0.2, 0.25) is 0 Å². The summed E-state index contributed by atoms with van der Waals surface area (Å²) in [6, 6.07) is 83.2. The molecular formula is C62H39NO. The lowest BCUT2D eigenvalue weighted by Crippen LogP contribution is -2.29. The smallest absolute Gasteiger partial charge is 0.137 e. The molecule has 3 aliphatic rings. The number of rotatable bonds is 4. The van der Waals surface area contributed by atoms with E-state index in [-0.39, 0.29) is 0 Å². The number of hydrogen-bond acceptors (Lipinski definition) is 2. The van der Waals surface area contributed by atoms with E-state index < -0.39 is 5.41 Å². The molecule has 0 bridgehead atoms. The number of para-hydroxylation sites is 2. The average Bonchev–Trinajstić information content (AvgIpc) is 4.00. The van der Waals surface area contributed by atoms with E-state index in [1.54, 1.807) is 0 Å². The Balaban J connectivity index is 1.08. The van der Waals surface area contributed by atoms with E-state index in [1.165, 1.54) is 77.9 Å². The van der Waals surface area contributed by atoms with E-state index in [2.05, 4.69) is 223 Å². The Labute approximate surface area is 372 Å². The van der Waals surface area contributed by atoms with Gasteiger partial charge in [0.05, 0.1) is 11.1 Å². The first-order valence-corrected chi connectivity index (χ1v) is 22.3. The lowest BCUT2D eigenvalue weighted by molar-refractivity contribution is 0.669. The van der Waals surface area contributed by atoms with E-state index >= 15 is 0 Å². The summed E-state index contributed by atoms with van der Waals surface area (Å²) in [6.07, 6.45) is 0.954. The van der Waals surface area contributed by atoms with E-state index in [4.69, 9.17) is 4.42 Å². The molecule has 2 heteroatoms. The van der Waals surface area contributed by atoms with Crippen LogP contribution < -0.4 is 4.90 Å². The predicted octanol–water partition coefficient (Wildman–Crippen LogP) is 16.3. The molecular weight excluding hydrogens is 775 g/mol. The maximum Gasteiger partial charge on any atom is 0.137 e. The second-order valence-electron chi connectivity index (χ2n) is 17.5. The summed E-state index contributed by atoms with van der Waals surface area (Å²) in [6.45, 7) is 0. The highest BCUT2D eigenvalue weighted by molar-refractivity contribution is 6.07. The van der Waals surface area contributed by atoms with Gasteiger partial charge in [-0.15, -0.1) is 0 Å². The second-order valence-corrected chi connectivity index (χ2v) is 17.5. The summed E-state index contributed by atoms with van der Waals surface area (Å²) in [5.41, 5.74) is 25.1. The van der Waals surface area contributed by atoms with Crippen molar-refractivity contribution in [2.24, 2.45) is 0 Å². The molecule has 11 aromatic rings. The van der Waals surface area contributed by atoms with Gasteiger partial charge < -0.3 is 9.32 Å². The molecule has 0 N–H and O–H groups in total. The number of anilines is 3. The van der Waals surface area contributed by atoms with Crippen LogP contribution in [0.1, 0.15) is 33.4 Å². The Morgan fingerprint density at radius 3 is 1.77 bits per heavy atom. The summed E-state index contributed by atoms with van der Waals surface area (Å²) >= 11 is 0. The first-order valence-electron chi connectivity index (χ1n) is 22.3. The quantitative estimate of drug-likeness (QED) is 0.176. The van der Waals surface area contributed by atoms with Crippen LogP contribution in [0.3, 0.4) is 0 Å². The standard InChI is InChI=1S/C62H39NO/c1-2-16-39(17-3-1)44-19-10-14-28-57(44)63(43-31-33-50-49-24-11-15-29-58(49)64-59(50)38-43)42-32-35-55-52(37-42)47-22-7-6-21-46(47)48-23-8-12-26-53(48)62(55)54-27-13-9-25-51(54)61-56(62)34-30-41-36-40-18-4-5-20-45(40)60(41)61/h1-35,37-38H,36H2. The van der Waals surface area contributed by atoms with Gasteiger partial charge in [-0.3, -0.25) is 0 Å². The van der Waals surface area contributed by atoms with Gasteiger partial charge in [0, 0.05) is 33.8 Å². The molecule has 14 rings (SSSR count). The zero-order chi connectivity index (χ0) is 41.9. The van der Waals surface area contributed by atoms with Crippen molar-refractivity contribution >= 4 is 39.0 Å². The van der Waals surface area contributed by atoms with Crippen molar-refractivity contribution in [3.63, 3.8) is 0 Å². The van der Waals surface area contributed by atoms with Gasteiger partial charge in [0.15, 0.2) is 0 Å². The van der Waals surface area contributed by atoms with E-state index in [1.807, 2.05) is 6.07 Å². The first-order chi connectivity index (χ1) is 31.8. The number of benzene rings is 10. The lowest BCUT2D eigenvalue weighted by atomic mass is 9.65. The zero-order valence-corrected chi connectivity index (χ0v) is 34.9. The van der Waals surface area contributed by atoms with Crippen molar-refractivity contribution in [1.82, 2.24) is 0 Å². The third-order valence-corrected chi connectivity index (χ3v) is 14.3. The molecule has 0 saturated heterocycles. The second kappa shape index (κ2) is 13.4. The Morgan fingerprint density at radius 1 is 0.344 bits per heavy atom. The van der Waals surface area contributed by atoms with Crippen LogP contribution in [0.2, 0.25) is 0 Å². The Hall–Kier alpha value is -8.20. The van der Waals surface area contributed by atoms with Crippen LogP contribution >= 0.6 is 0 Å². The highest BCUT2D eigenvalue weighted by Crippen LogP contribution is 2.64. The summed E-state index contributed by atoms with van der Waals surface area (Å²) in [4.78, 5) is 2.43. The molecule has 0 saturated carbocycles. The predicted molar refractivity (Wildman–Crippen MR) is 264 cm³/mol. The fourth-order valence-electron chi connectivity index (χ4n) is 11.7. The lowest BCUT2D eigenvalue weighted by Gasteiger charge is -2.36. The van der Waals surface area contributed by atoms with E-state index in [9.17, 15) is 0 Å². The fourth-order valence-corrected chi connectivity index (χ4v) is 11.7. The molecule has 1 atom stereocenters. The molecule has 64 heavy (non-hydrogen) atoms.